The molecular weight excluding hydrogens is 226 g/mol. The highest BCUT2D eigenvalue weighted by Gasteiger charge is 2.19. The lowest BCUT2D eigenvalue weighted by Crippen LogP contribution is -2.13. The molecule has 0 fully saturated rings. The van der Waals surface area contributed by atoms with Crippen molar-refractivity contribution in [2.24, 2.45) is 0 Å². The van der Waals surface area contributed by atoms with Crippen LogP contribution in [-0.4, -0.2) is 11.5 Å². The quantitative estimate of drug-likeness (QED) is 0.608. The summed E-state index contributed by atoms with van der Waals surface area (Å²) >= 11 is 0. The Morgan fingerprint density at radius 3 is 2.11 bits per heavy atom. The molecule has 2 rings (SSSR count). The lowest BCUT2D eigenvalue weighted by molar-refractivity contribution is -0.481. The van der Waals surface area contributed by atoms with E-state index < -0.39 is 0 Å². The Morgan fingerprint density at radius 1 is 1.00 bits per heavy atom. The van der Waals surface area contributed by atoms with Crippen LogP contribution in [0.2, 0.25) is 0 Å². The zero-order valence-corrected chi connectivity index (χ0v) is 10.2. The Balaban J connectivity index is 2.36. The van der Waals surface area contributed by atoms with Gasteiger partial charge in [0, 0.05) is 4.92 Å². The number of aryl methyl sites for hydroxylation is 1. The van der Waals surface area contributed by atoms with Gasteiger partial charge in [-0.1, -0.05) is 60.2 Å². The second kappa shape index (κ2) is 5.45. The summed E-state index contributed by atoms with van der Waals surface area (Å²) in [7, 11) is 0. The predicted octanol–water partition coefficient (Wildman–Crippen LogP) is 3.40. The molecule has 18 heavy (non-hydrogen) atoms. The second-order valence-electron chi connectivity index (χ2n) is 4.39. The van der Waals surface area contributed by atoms with Gasteiger partial charge in [-0.25, -0.2) is 0 Å². The second-order valence-corrected chi connectivity index (χ2v) is 4.39. The summed E-state index contributed by atoms with van der Waals surface area (Å²) in [6, 6.07) is 17.5. The molecule has 0 saturated heterocycles. The van der Waals surface area contributed by atoms with Gasteiger partial charge in [0.2, 0.25) is 6.54 Å². The molecule has 0 amide bonds. The minimum atomic E-state index is -0.252. The lowest BCUT2D eigenvalue weighted by atomic mass is 9.91. The molecule has 2 aromatic carbocycles. The van der Waals surface area contributed by atoms with Crippen molar-refractivity contribution in [2.75, 3.05) is 6.54 Å². The van der Waals surface area contributed by atoms with E-state index in [1.165, 1.54) is 0 Å². The molecule has 3 heteroatoms. The summed E-state index contributed by atoms with van der Waals surface area (Å²) in [5.41, 5.74) is 3.13. The largest absolute Gasteiger partial charge is 0.265 e. The van der Waals surface area contributed by atoms with Crippen LogP contribution in [0.3, 0.4) is 0 Å². The molecule has 0 aliphatic rings. The summed E-state index contributed by atoms with van der Waals surface area (Å²) in [5, 5.41) is 10.8. The Morgan fingerprint density at radius 2 is 1.56 bits per heavy atom. The van der Waals surface area contributed by atoms with Crippen molar-refractivity contribution in [1.29, 1.82) is 0 Å². The minimum absolute atomic E-state index is 0.0763. The van der Waals surface area contributed by atoms with Gasteiger partial charge in [0.1, 0.15) is 0 Å². The van der Waals surface area contributed by atoms with Gasteiger partial charge >= 0.3 is 0 Å². The number of hydrogen-bond donors (Lipinski definition) is 0. The molecule has 92 valence electrons. The van der Waals surface area contributed by atoms with E-state index in [-0.39, 0.29) is 17.4 Å². The van der Waals surface area contributed by atoms with Crippen LogP contribution >= 0.6 is 0 Å². The van der Waals surface area contributed by atoms with Crippen molar-refractivity contribution >= 4 is 0 Å². The first-order valence-corrected chi connectivity index (χ1v) is 5.90. The van der Waals surface area contributed by atoms with Gasteiger partial charge in [0.15, 0.2) is 0 Å². The van der Waals surface area contributed by atoms with Gasteiger partial charge in [0.25, 0.3) is 0 Å². The van der Waals surface area contributed by atoms with E-state index in [2.05, 4.69) is 0 Å². The van der Waals surface area contributed by atoms with Crippen LogP contribution in [-0.2, 0) is 0 Å². The van der Waals surface area contributed by atoms with Crippen molar-refractivity contribution in [2.45, 2.75) is 12.8 Å². The molecular formula is C15H15NO2. The van der Waals surface area contributed by atoms with Gasteiger partial charge in [-0.3, -0.25) is 10.1 Å². The first kappa shape index (κ1) is 12.3. The van der Waals surface area contributed by atoms with Crippen molar-refractivity contribution in [1.82, 2.24) is 0 Å². The van der Waals surface area contributed by atoms with E-state index in [1.54, 1.807) is 0 Å². The summed E-state index contributed by atoms with van der Waals surface area (Å²) in [4.78, 5) is 10.6. The number of nitro groups is 1. The number of hydrogen-bond acceptors (Lipinski definition) is 2. The molecule has 0 aliphatic carbocycles. The van der Waals surface area contributed by atoms with Crippen molar-refractivity contribution in [3.8, 4) is 0 Å². The smallest absolute Gasteiger partial charge is 0.214 e. The van der Waals surface area contributed by atoms with Crippen LogP contribution < -0.4 is 0 Å². The average molecular weight is 241 g/mol. The Labute approximate surface area is 106 Å². The first-order valence-electron chi connectivity index (χ1n) is 5.90. The van der Waals surface area contributed by atoms with E-state index in [9.17, 15) is 10.1 Å². The average Bonchev–Trinajstić information content (AvgIpc) is 2.38. The predicted molar refractivity (Wildman–Crippen MR) is 71.3 cm³/mol. The molecule has 1 atom stereocenters. The highest BCUT2D eigenvalue weighted by Crippen LogP contribution is 2.24. The number of benzene rings is 2. The third-order valence-corrected chi connectivity index (χ3v) is 3.01. The molecule has 0 bridgehead atoms. The van der Waals surface area contributed by atoms with Crippen LogP contribution in [0.15, 0.2) is 54.6 Å². The van der Waals surface area contributed by atoms with Crippen molar-refractivity contribution in [3.05, 3.63) is 81.4 Å². The molecule has 0 aliphatic heterocycles. The normalized spacial score (nSPS) is 12.1. The minimum Gasteiger partial charge on any atom is -0.265 e. The zero-order chi connectivity index (χ0) is 13.0. The molecule has 0 N–H and O–H groups in total. The van der Waals surface area contributed by atoms with Gasteiger partial charge < -0.3 is 0 Å². The Bertz CT molecular complexity index is 520. The molecule has 0 heterocycles. The molecule has 0 aromatic heterocycles. The summed E-state index contributed by atoms with van der Waals surface area (Å²) in [6.07, 6.45) is 0. The molecule has 0 saturated carbocycles. The van der Waals surface area contributed by atoms with Crippen molar-refractivity contribution in [3.63, 3.8) is 0 Å². The van der Waals surface area contributed by atoms with E-state index in [0.717, 1.165) is 16.7 Å². The maximum atomic E-state index is 10.8. The summed E-state index contributed by atoms with van der Waals surface area (Å²) in [6.45, 7) is 1.93. The van der Waals surface area contributed by atoms with Gasteiger partial charge in [-0.05, 0) is 18.1 Å². The van der Waals surface area contributed by atoms with Crippen LogP contribution in [0.25, 0.3) is 0 Å². The van der Waals surface area contributed by atoms with Crippen LogP contribution in [0, 0.1) is 17.0 Å². The summed E-state index contributed by atoms with van der Waals surface area (Å²) < 4.78 is 0. The van der Waals surface area contributed by atoms with E-state index >= 15 is 0 Å². The fourth-order valence-corrected chi connectivity index (χ4v) is 2.04. The Hall–Kier alpha value is -2.16. The standard InChI is InChI=1S/C15H15NO2/c1-12-7-9-14(10-8-12)15(11-16(17)18)13-5-3-2-4-6-13/h2-10,15H,11H2,1H3/t15-/m0/s1. The maximum absolute atomic E-state index is 10.8. The van der Waals surface area contributed by atoms with Gasteiger partial charge in [-0.2, -0.15) is 0 Å². The monoisotopic (exact) mass is 241 g/mol. The van der Waals surface area contributed by atoms with Gasteiger partial charge in [0.05, 0.1) is 5.92 Å². The highest BCUT2D eigenvalue weighted by atomic mass is 16.6. The lowest BCUT2D eigenvalue weighted by Gasteiger charge is -2.14. The highest BCUT2D eigenvalue weighted by molar-refractivity contribution is 5.33. The Kier molecular flexibility index (Phi) is 3.72. The number of rotatable bonds is 4. The van der Waals surface area contributed by atoms with Crippen LogP contribution in [0.5, 0.6) is 0 Å². The van der Waals surface area contributed by atoms with Crippen LogP contribution in [0.4, 0.5) is 0 Å². The zero-order valence-electron chi connectivity index (χ0n) is 10.2. The first-order chi connectivity index (χ1) is 8.66. The SMILES string of the molecule is Cc1ccc([C@@H](C[N+](=O)[O-])c2ccccc2)cc1. The fraction of sp³-hybridized carbons (Fsp3) is 0.200. The van der Waals surface area contributed by atoms with Crippen molar-refractivity contribution < 1.29 is 4.92 Å². The third kappa shape index (κ3) is 2.94. The topological polar surface area (TPSA) is 43.1 Å². The van der Waals surface area contributed by atoms with E-state index in [1.807, 2.05) is 61.5 Å². The number of nitrogens with zero attached hydrogens (tertiary/aromatic N) is 1. The van der Waals surface area contributed by atoms with E-state index in [0.29, 0.717) is 0 Å². The van der Waals surface area contributed by atoms with E-state index in [4.69, 9.17) is 0 Å². The molecule has 3 nitrogen and oxygen atoms in total. The molecule has 2 aromatic rings. The maximum Gasteiger partial charge on any atom is 0.214 e. The molecule has 0 unspecified atom stereocenters. The van der Waals surface area contributed by atoms with Crippen LogP contribution in [0.1, 0.15) is 22.6 Å². The fourth-order valence-electron chi connectivity index (χ4n) is 2.04. The molecule has 0 radical (unpaired) electrons. The third-order valence-electron chi connectivity index (χ3n) is 3.01. The summed E-state index contributed by atoms with van der Waals surface area (Å²) in [5.74, 6) is -0.179. The molecule has 0 spiro atoms. The van der Waals surface area contributed by atoms with Gasteiger partial charge in [-0.15, -0.1) is 0 Å².